The molecule has 0 spiro atoms. The Morgan fingerprint density at radius 1 is 0.909 bits per heavy atom. The SMILES string of the molecule is CCCCN(C(=O)Nc1cccc(NC(C)=O)c1)C1CCN(Cc2ccc(Oc3ccc(NS(C)(=O)=O)cc3)cc2)CC1.Cl. The van der Waals surface area contributed by atoms with Gasteiger partial charge in [0.1, 0.15) is 11.5 Å². The molecule has 1 heterocycles. The Morgan fingerprint density at radius 2 is 1.50 bits per heavy atom. The highest BCUT2D eigenvalue weighted by molar-refractivity contribution is 7.92. The number of halogens is 1. The van der Waals surface area contributed by atoms with Crippen LogP contribution in [0.25, 0.3) is 0 Å². The summed E-state index contributed by atoms with van der Waals surface area (Å²) in [6.45, 7) is 6.89. The van der Waals surface area contributed by atoms with Crippen molar-refractivity contribution < 1.29 is 22.7 Å². The summed E-state index contributed by atoms with van der Waals surface area (Å²) in [5.74, 6) is 1.16. The molecule has 1 aliphatic rings. The lowest BCUT2D eigenvalue weighted by molar-refractivity contribution is -0.114. The van der Waals surface area contributed by atoms with Gasteiger partial charge in [-0.25, -0.2) is 13.2 Å². The van der Waals surface area contributed by atoms with Gasteiger partial charge in [0.25, 0.3) is 0 Å². The van der Waals surface area contributed by atoms with Crippen LogP contribution in [0.2, 0.25) is 0 Å². The zero-order chi connectivity index (χ0) is 30.8. The first kappa shape index (κ1) is 34.7. The number of amides is 3. The van der Waals surface area contributed by atoms with Gasteiger partial charge < -0.3 is 20.3 Å². The van der Waals surface area contributed by atoms with Crippen LogP contribution in [-0.4, -0.2) is 62.1 Å². The maximum atomic E-state index is 13.3. The number of anilines is 3. The Balaban J connectivity index is 0.00000529. The average molecular weight is 644 g/mol. The molecule has 0 unspecified atom stereocenters. The first-order valence-electron chi connectivity index (χ1n) is 14.6. The quantitative estimate of drug-likeness (QED) is 0.206. The second kappa shape index (κ2) is 16.3. The molecule has 0 atom stereocenters. The summed E-state index contributed by atoms with van der Waals surface area (Å²) >= 11 is 0. The third kappa shape index (κ3) is 11.0. The van der Waals surface area contributed by atoms with Crippen molar-refractivity contribution in [3.05, 3.63) is 78.4 Å². The first-order chi connectivity index (χ1) is 20.6. The van der Waals surface area contributed by atoms with Gasteiger partial charge in [-0.2, -0.15) is 0 Å². The second-order valence-electron chi connectivity index (χ2n) is 10.9. The van der Waals surface area contributed by atoms with Gasteiger partial charge in [0.2, 0.25) is 15.9 Å². The molecule has 0 aromatic heterocycles. The third-order valence-electron chi connectivity index (χ3n) is 7.17. The molecule has 238 valence electrons. The number of piperidine rings is 1. The minimum atomic E-state index is -3.32. The van der Waals surface area contributed by atoms with E-state index in [-0.39, 0.29) is 30.4 Å². The molecule has 0 aliphatic carbocycles. The van der Waals surface area contributed by atoms with E-state index in [2.05, 4.69) is 39.3 Å². The first-order valence-corrected chi connectivity index (χ1v) is 16.5. The molecule has 10 nitrogen and oxygen atoms in total. The van der Waals surface area contributed by atoms with E-state index >= 15 is 0 Å². The smallest absolute Gasteiger partial charge is 0.322 e. The van der Waals surface area contributed by atoms with Gasteiger partial charge in [0, 0.05) is 56.2 Å². The van der Waals surface area contributed by atoms with E-state index in [1.165, 1.54) is 12.5 Å². The van der Waals surface area contributed by atoms with Gasteiger partial charge in [-0.15, -0.1) is 12.4 Å². The normalized spacial score (nSPS) is 13.8. The van der Waals surface area contributed by atoms with Crippen LogP contribution in [0.1, 0.15) is 45.1 Å². The molecule has 4 rings (SSSR count). The minimum Gasteiger partial charge on any atom is -0.457 e. The zero-order valence-corrected chi connectivity index (χ0v) is 27.0. The molecule has 0 radical (unpaired) electrons. The van der Waals surface area contributed by atoms with Crippen LogP contribution in [0.15, 0.2) is 72.8 Å². The largest absolute Gasteiger partial charge is 0.457 e. The topological polar surface area (TPSA) is 120 Å². The lowest BCUT2D eigenvalue weighted by Crippen LogP contribution is -2.49. The number of hydrogen-bond donors (Lipinski definition) is 3. The van der Waals surface area contributed by atoms with Crippen LogP contribution in [-0.2, 0) is 21.4 Å². The lowest BCUT2D eigenvalue weighted by atomic mass is 10.0. The second-order valence-corrected chi connectivity index (χ2v) is 12.6. The Hall–Kier alpha value is -3.80. The van der Waals surface area contributed by atoms with Crippen molar-refractivity contribution in [3.8, 4) is 11.5 Å². The molecule has 3 aromatic carbocycles. The Kier molecular flexibility index (Phi) is 12.9. The number of nitrogens with zero attached hydrogens (tertiary/aromatic N) is 2. The van der Waals surface area contributed by atoms with Crippen LogP contribution >= 0.6 is 12.4 Å². The highest BCUT2D eigenvalue weighted by Crippen LogP contribution is 2.25. The molecule has 3 amide bonds. The molecule has 1 fully saturated rings. The predicted octanol–water partition coefficient (Wildman–Crippen LogP) is 6.53. The zero-order valence-electron chi connectivity index (χ0n) is 25.4. The minimum absolute atomic E-state index is 0. The van der Waals surface area contributed by atoms with Gasteiger partial charge in [-0.05, 0) is 79.4 Å². The lowest BCUT2D eigenvalue weighted by Gasteiger charge is -2.38. The van der Waals surface area contributed by atoms with Crippen LogP contribution < -0.4 is 20.1 Å². The molecule has 12 heteroatoms. The summed E-state index contributed by atoms with van der Waals surface area (Å²) < 4.78 is 31.1. The van der Waals surface area contributed by atoms with Gasteiger partial charge in [-0.3, -0.25) is 14.4 Å². The average Bonchev–Trinajstić information content (AvgIpc) is 2.95. The molecule has 3 aromatic rings. The number of benzene rings is 3. The van der Waals surface area contributed by atoms with Crippen molar-refractivity contribution >= 4 is 51.4 Å². The monoisotopic (exact) mass is 643 g/mol. The number of urea groups is 1. The Bertz CT molecular complexity index is 1480. The fraction of sp³-hybridized carbons (Fsp3) is 0.375. The molecule has 0 bridgehead atoms. The number of sulfonamides is 1. The van der Waals surface area contributed by atoms with E-state index in [0.717, 1.165) is 51.6 Å². The number of carbonyl (C=O) groups is 2. The summed E-state index contributed by atoms with van der Waals surface area (Å²) in [6.07, 6.45) is 4.85. The summed E-state index contributed by atoms with van der Waals surface area (Å²) in [7, 11) is -3.32. The Labute approximate surface area is 266 Å². The molecule has 3 N–H and O–H groups in total. The number of likely N-dealkylation sites (tertiary alicyclic amines) is 1. The Morgan fingerprint density at radius 3 is 2.07 bits per heavy atom. The standard InChI is InChI=1S/C32H41N5O5S.ClH/c1-4-5-19-37(32(39)34-28-8-6-7-27(22-28)33-24(2)38)29-17-20-36(21-18-29)23-25-9-13-30(14-10-25)42-31-15-11-26(12-16-31)35-43(3,40)41;/h6-16,22,29,35H,4-5,17-21,23H2,1-3H3,(H,33,38)(H,34,39);1H. The number of carbonyl (C=O) groups excluding carboxylic acids is 2. The van der Waals surface area contributed by atoms with Gasteiger partial charge >= 0.3 is 6.03 Å². The van der Waals surface area contributed by atoms with Crippen molar-refractivity contribution in [1.29, 1.82) is 0 Å². The summed E-state index contributed by atoms with van der Waals surface area (Å²) in [5, 5.41) is 5.79. The van der Waals surface area contributed by atoms with Crippen LogP contribution in [0.4, 0.5) is 21.9 Å². The van der Waals surface area contributed by atoms with Gasteiger partial charge in [-0.1, -0.05) is 31.5 Å². The highest BCUT2D eigenvalue weighted by Gasteiger charge is 2.28. The van der Waals surface area contributed by atoms with Crippen molar-refractivity contribution in [2.24, 2.45) is 0 Å². The van der Waals surface area contributed by atoms with Crippen molar-refractivity contribution in [1.82, 2.24) is 9.80 Å². The van der Waals surface area contributed by atoms with Gasteiger partial charge in [0.05, 0.1) is 6.26 Å². The predicted molar refractivity (Wildman–Crippen MR) is 178 cm³/mol. The number of hydrogen-bond acceptors (Lipinski definition) is 6. The highest BCUT2D eigenvalue weighted by atomic mass is 35.5. The maximum Gasteiger partial charge on any atom is 0.322 e. The molecular formula is C32H42ClN5O5S. The van der Waals surface area contributed by atoms with Crippen LogP contribution in [0, 0.1) is 0 Å². The fourth-order valence-electron chi connectivity index (χ4n) is 5.10. The van der Waals surface area contributed by atoms with E-state index in [4.69, 9.17) is 4.74 Å². The number of nitrogens with one attached hydrogen (secondary N) is 3. The molecule has 0 saturated carbocycles. The fourth-order valence-corrected chi connectivity index (χ4v) is 5.67. The summed E-state index contributed by atoms with van der Waals surface area (Å²) in [6, 6.07) is 22.0. The number of rotatable bonds is 12. The molecule has 1 aliphatic heterocycles. The van der Waals surface area contributed by atoms with E-state index < -0.39 is 10.0 Å². The molecule has 44 heavy (non-hydrogen) atoms. The summed E-state index contributed by atoms with van der Waals surface area (Å²) in [4.78, 5) is 29.1. The maximum absolute atomic E-state index is 13.3. The number of ether oxygens (including phenoxy) is 1. The third-order valence-corrected chi connectivity index (χ3v) is 7.77. The molecule has 1 saturated heterocycles. The van der Waals surface area contributed by atoms with Crippen molar-refractivity contribution in [3.63, 3.8) is 0 Å². The summed E-state index contributed by atoms with van der Waals surface area (Å²) in [5.41, 5.74) is 2.97. The van der Waals surface area contributed by atoms with Crippen molar-refractivity contribution in [2.75, 3.05) is 41.2 Å². The van der Waals surface area contributed by atoms with E-state index in [0.29, 0.717) is 35.1 Å². The van der Waals surface area contributed by atoms with Crippen molar-refractivity contribution in [2.45, 2.75) is 52.1 Å². The molecular weight excluding hydrogens is 602 g/mol. The van der Waals surface area contributed by atoms with E-state index in [1.54, 1.807) is 36.4 Å². The van der Waals surface area contributed by atoms with Crippen LogP contribution in [0.3, 0.4) is 0 Å². The number of unbranched alkanes of at least 4 members (excludes halogenated alkanes) is 1. The van der Waals surface area contributed by atoms with E-state index in [1.807, 2.05) is 29.2 Å². The van der Waals surface area contributed by atoms with Crippen LogP contribution in [0.5, 0.6) is 11.5 Å². The van der Waals surface area contributed by atoms with Gasteiger partial charge in [0.15, 0.2) is 0 Å². The van der Waals surface area contributed by atoms with E-state index in [9.17, 15) is 18.0 Å².